The zero-order chi connectivity index (χ0) is 36.8. The van der Waals surface area contributed by atoms with E-state index in [2.05, 4.69) is 160 Å². The molecule has 0 spiro atoms. The summed E-state index contributed by atoms with van der Waals surface area (Å²) in [6.45, 7) is 8.83. The maximum absolute atomic E-state index is 6.60. The minimum absolute atomic E-state index is 0.398. The van der Waals surface area contributed by atoms with Crippen molar-refractivity contribution in [2.24, 2.45) is 0 Å². The molecule has 0 radical (unpaired) electrons. The molecule has 0 N–H and O–H groups in total. The van der Waals surface area contributed by atoms with Gasteiger partial charge in [-0.3, -0.25) is 4.57 Å². The maximum atomic E-state index is 6.60. The van der Waals surface area contributed by atoms with E-state index in [1.54, 1.807) is 0 Å². The van der Waals surface area contributed by atoms with Crippen molar-refractivity contribution in [3.05, 3.63) is 181 Å². The van der Waals surface area contributed by atoms with Crippen LogP contribution >= 0.6 is 0 Å². The summed E-state index contributed by atoms with van der Waals surface area (Å²) in [6, 6.07) is 50.8. The summed E-state index contributed by atoms with van der Waals surface area (Å²) in [7, 11) is 0. The highest BCUT2D eigenvalue weighted by molar-refractivity contribution is 6.09. The van der Waals surface area contributed by atoms with Crippen molar-refractivity contribution in [3.63, 3.8) is 0 Å². The molecule has 262 valence electrons. The molecule has 0 aliphatic carbocycles. The van der Waals surface area contributed by atoms with Gasteiger partial charge < -0.3 is 4.74 Å². The Morgan fingerprint density at radius 1 is 0.556 bits per heavy atom. The summed E-state index contributed by atoms with van der Waals surface area (Å²) >= 11 is 0. The van der Waals surface area contributed by atoms with E-state index in [1.807, 2.05) is 41.3 Å². The van der Waals surface area contributed by atoms with E-state index in [0.717, 1.165) is 45.0 Å². The lowest BCUT2D eigenvalue weighted by atomic mass is 9.83. The Kier molecular flexibility index (Phi) is 8.40. The molecule has 3 heterocycles. The van der Waals surface area contributed by atoms with E-state index in [-0.39, 0.29) is 0 Å². The van der Waals surface area contributed by atoms with Crippen LogP contribution in [0.4, 0.5) is 0 Å². The first-order valence-corrected chi connectivity index (χ1v) is 18.5. The number of nitrogens with zero attached hydrogens (tertiary/aromatic N) is 4. The molecule has 0 aliphatic heterocycles. The van der Waals surface area contributed by atoms with Crippen molar-refractivity contribution < 1.29 is 4.74 Å². The summed E-state index contributed by atoms with van der Waals surface area (Å²) in [4.78, 5) is 4.81. The summed E-state index contributed by atoms with van der Waals surface area (Å²) in [5.74, 6) is 2.78. The molecule has 3 aromatic heterocycles. The van der Waals surface area contributed by atoms with Gasteiger partial charge in [0.1, 0.15) is 17.3 Å². The van der Waals surface area contributed by atoms with Gasteiger partial charge in [0, 0.05) is 46.4 Å². The number of aromatic nitrogens is 4. The van der Waals surface area contributed by atoms with E-state index < -0.39 is 0 Å². The van der Waals surface area contributed by atoms with Crippen LogP contribution in [0.3, 0.4) is 0 Å². The van der Waals surface area contributed by atoms with Crippen LogP contribution < -0.4 is 4.74 Å². The highest BCUT2D eigenvalue weighted by Crippen LogP contribution is 2.44. The van der Waals surface area contributed by atoms with Gasteiger partial charge in [-0.15, -0.1) is 0 Å². The number of benzene rings is 6. The van der Waals surface area contributed by atoms with E-state index in [1.165, 1.54) is 49.9 Å². The normalized spacial score (nSPS) is 11.5. The van der Waals surface area contributed by atoms with E-state index in [0.29, 0.717) is 5.92 Å². The molecule has 6 aromatic carbocycles. The summed E-state index contributed by atoms with van der Waals surface area (Å²) < 4.78 is 10.8. The highest BCUT2D eigenvalue weighted by Gasteiger charge is 2.21. The fourth-order valence-corrected chi connectivity index (χ4v) is 7.83. The minimum Gasteiger partial charge on any atom is -0.457 e. The second-order valence-electron chi connectivity index (χ2n) is 14.3. The fourth-order valence-electron chi connectivity index (χ4n) is 7.83. The Morgan fingerprint density at radius 2 is 1.22 bits per heavy atom. The standard InChI is InChI=1S/C49H40N4O/c1-32(2)37-24-25-50-46(27-37)53-44-21-12-11-20-42(44)43-23-22-41(29-45(43)53)54-40-19-13-18-39(28-40)52-31-38(30-51-52)49-47(35-14-7-5-8-15-35)33(3)26-34(4)48(49)36-16-9-6-10-17-36/h5-32H,1-4H3. The Balaban J connectivity index is 1.11. The molecule has 5 heteroatoms. The predicted molar refractivity (Wildman–Crippen MR) is 222 cm³/mol. The topological polar surface area (TPSA) is 44.9 Å². The third-order valence-electron chi connectivity index (χ3n) is 10.3. The van der Waals surface area contributed by atoms with Crippen LogP contribution in [0.1, 0.15) is 36.5 Å². The number of aryl methyl sites for hydroxylation is 2. The highest BCUT2D eigenvalue weighted by atomic mass is 16.5. The van der Waals surface area contributed by atoms with Crippen LogP contribution in [0.5, 0.6) is 11.5 Å². The van der Waals surface area contributed by atoms with Crippen molar-refractivity contribution in [2.75, 3.05) is 0 Å². The smallest absolute Gasteiger partial charge is 0.137 e. The average Bonchev–Trinajstić information content (AvgIpc) is 3.82. The summed E-state index contributed by atoms with van der Waals surface area (Å²) in [6.07, 6.45) is 6.02. The molecule has 54 heavy (non-hydrogen) atoms. The Morgan fingerprint density at radius 3 is 1.94 bits per heavy atom. The van der Waals surface area contributed by atoms with Gasteiger partial charge in [0.25, 0.3) is 0 Å². The van der Waals surface area contributed by atoms with E-state index in [4.69, 9.17) is 14.8 Å². The molecular weight excluding hydrogens is 661 g/mol. The largest absolute Gasteiger partial charge is 0.457 e. The molecule has 5 nitrogen and oxygen atoms in total. The summed E-state index contributed by atoms with van der Waals surface area (Å²) in [5, 5.41) is 7.26. The SMILES string of the molecule is Cc1cc(C)c(-c2ccccc2)c(-c2cnn(-c3cccc(Oc4ccc5c6ccccc6n(-c6cc(C(C)C)ccn6)c5c4)c3)c2)c1-c1ccccc1. The predicted octanol–water partition coefficient (Wildman–Crippen LogP) is 12.9. The van der Waals surface area contributed by atoms with Crippen molar-refractivity contribution in [1.29, 1.82) is 0 Å². The first-order valence-electron chi connectivity index (χ1n) is 18.5. The number of hydrogen-bond acceptors (Lipinski definition) is 3. The van der Waals surface area contributed by atoms with Gasteiger partial charge in [0.05, 0.1) is 22.9 Å². The second kappa shape index (κ2) is 13.7. The van der Waals surface area contributed by atoms with Gasteiger partial charge in [-0.05, 0) is 101 Å². The van der Waals surface area contributed by atoms with E-state index >= 15 is 0 Å². The molecule has 0 bridgehead atoms. The number of pyridine rings is 1. The Hall–Kier alpha value is -6.72. The number of rotatable bonds is 8. The maximum Gasteiger partial charge on any atom is 0.137 e. The third-order valence-corrected chi connectivity index (χ3v) is 10.3. The molecular formula is C49H40N4O. The Labute approximate surface area is 315 Å². The molecule has 0 fully saturated rings. The van der Waals surface area contributed by atoms with Gasteiger partial charge >= 0.3 is 0 Å². The van der Waals surface area contributed by atoms with Crippen molar-refractivity contribution in [2.45, 2.75) is 33.6 Å². The van der Waals surface area contributed by atoms with Gasteiger partial charge in [-0.25, -0.2) is 9.67 Å². The van der Waals surface area contributed by atoms with Crippen LogP contribution in [-0.2, 0) is 0 Å². The third kappa shape index (κ3) is 5.94. The lowest BCUT2D eigenvalue weighted by Gasteiger charge is -2.20. The van der Waals surface area contributed by atoms with Crippen molar-refractivity contribution in [1.82, 2.24) is 19.3 Å². The molecule has 0 unspecified atom stereocenters. The number of hydrogen-bond donors (Lipinski definition) is 0. The molecule has 9 aromatic rings. The van der Waals surface area contributed by atoms with Gasteiger partial charge in [-0.2, -0.15) is 5.10 Å². The number of para-hydroxylation sites is 1. The zero-order valence-electron chi connectivity index (χ0n) is 30.9. The van der Waals surface area contributed by atoms with Crippen LogP contribution in [0.25, 0.3) is 66.7 Å². The molecule has 0 atom stereocenters. The lowest BCUT2D eigenvalue weighted by Crippen LogP contribution is -1.99. The van der Waals surface area contributed by atoms with Crippen LogP contribution in [0.15, 0.2) is 164 Å². The van der Waals surface area contributed by atoms with Gasteiger partial charge in [-0.1, -0.05) is 105 Å². The van der Waals surface area contributed by atoms with Crippen LogP contribution in [0.2, 0.25) is 0 Å². The Bertz CT molecular complexity index is 2730. The second-order valence-corrected chi connectivity index (χ2v) is 14.3. The van der Waals surface area contributed by atoms with Crippen molar-refractivity contribution in [3.8, 4) is 56.4 Å². The van der Waals surface area contributed by atoms with Gasteiger partial charge in [0.2, 0.25) is 0 Å². The number of fused-ring (bicyclic) bond motifs is 3. The first-order chi connectivity index (χ1) is 26.4. The molecule has 0 aliphatic rings. The van der Waals surface area contributed by atoms with Crippen LogP contribution in [0, 0.1) is 13.8 Å². The fraction of sp³-hybridized carbons (Fsp3) is 0.102. The minimum atomic E-state index is 0.398. The lowest BCUT2D eigenvalue weighted by molar-refractivity contribution is 0.483. The molecule has 0 amide bonds. The van der Waals surface area contributed by atoms with Gasteiger partial charge in [0.15, 0.2) is 0 Å². The molecule has 0 saturated carbocycles. The molecule has 0 saturated heterocycles. The van der Waals surface area contributed by atoms with E-state index in [9.17, 15) is 0 Å². The van der Waals surface area contributed by atoms with Crippen LogP contribution in [-0.4, -0.2) is 19.3 Å². The van der Waals surface area contributed by atoms with Crippen molar-refractivity contribution >= 4 is 21.8 Å². The first kappa shape index (κ1) is 33.1. The monoisotopic (exact) mass is 700 g/mol. The summed E-state index contributed by atoms with van der Waals surface area (Å²) in [5.41, 5.74) is 13.8. The zero-order valence-corrected chi connectivity index (χ0v) is 30.9. The quantitative estimate of drug-likeness (QED) is 0.158. The number of ether oxygens (including phenoxy) is 1. The average molecular weight is 701 g/mol. The molecule has 9 rings (SSSR count).